The first kappa shape index (κ1) is 15.9. The van der Waals surface area contributed by atoms with E-state index in [2.05, 4.69) is 6.58 Å². The highest BCUT2D eigenvalue weighted by molar-refractivity contribution is 6.30. The van der Waals surface area contributed by atoms with Crippen LogP contribution in [0.3, 0.4) is 0 Å². The molecule has 0 unspecified atom stereocenters. The Morgan fingerprint density at radius 1 is 1.14 bits per heavy atom. The number of hydrogen-bond donors (Lipinski definition) is 3. The maximum absolute atomic E-state index is 12.3. The maximum atomic E-state index is 12.3. The molecule has 0 fully saturated rings. The van der Waals surface area contributed by atoms with Crippen LogP contribution in [0.15, 0.2) is 43.0 Å². The molecule has 0 spiro atoms. The summed E-state index contributed by atoms with van der Waals surface area (Å²) in [5.41, 5.74) is 0.656. The van der Waals surface area contributed by atoms with Crippen LogP contribution in [0, 0.1) is 0 Å². The van der Waals surface area contributed by atoms with Gasteiger partial charge in [-0.2, -0.15) is 0 Å². The molecule has 0 aliphatic heterocycles. The SMILES string of the molecule is C=CCc1c(O)cc(O)c(C(=O)Cc2ccc(Cl)cc2)c1O. The van der Waals surface area contributed by atoms with Gasteiger partial charge >= 0.3 is 0 Å². The third-order valence-corrected chi connectivity index (χ3v) is 3.52. The average Bonchev–Trinajstić information content (AvgIpc) is 2.45. The van der Waals surface area contributed by atoms with Gasteiger partial charge in [-0.25, -0.2) is 0 Å². The van der Waals surface area contributed by atoms with Gasteiger partial charge in [0.1, 0.15) is 22.8 Å². The van der Waals surface area contributed by atoms with Crippen LogP contribution in [0.1, 0.15) is 21.5 Å². The van der Waals surface area contributed by atoms with Gasteiger partial charge in [0.25, 0.3) is 0 Å². The van der Waals surface area contributed by atoms with E-state index in [1.807, 2.05) is 0 Å². The molecule has 2 aromatic carbocycles. The van der Waals surface area contributed by atoms with Crippen LogP contribution in [-0.4, -0.2) is 21.1 Å². The Balaban J connectivity index is 2.38. The quantitative estimate of drug-likeness (QED) is 0.581. The number of halogens is 1. The van der Waals surface area contributed by atoms with Gasteiger partial charge in [-0.05, 0) is 24.1 Å². The lowest BCUT2D eigenvalue weighted by molar-refractivity contribution is 0.0987. The zero-order chi connectivity index (χ0) is 16.3. The minimum atomic E-state index is -0.457. The zero-order valence-corrected chi connectivity index (χ0v) is 12.5. The summed E-state index contributed by atoms with van der Waals surface area (Å²) in [5, 5.41) is 30.3. The number of allylic oxidation sites excluding steroid dienone is 1. The largest absolute Gasteiger partial charge is 0.507 e. The van der Waals surface area contributed by atoms with Gasteiger partial charge in [0.05, 0.1) is 0 Å². The number of hydrogen-bond acceptors (Lipinski definition) is 4. The first-order valence-corrected chi connectivity index (χ1v) is 6.97. The van der Waals surface area contributed by atoms with Crippen molar-refractivity contribution in [2.24, 2.45) is 0 Å². The molecule has 3 N–H and O–H groups in total. The zero-order valence-electron chi connectivity index (χ0n) is 11.7. The Bertz CT molecular complexity index is 720. The molecule has 4 nitrogen and oxygen atoms in total. The monoisotopic (exact) mass is 318 g/mol. The molecule has 0 saturated heterocycles. The molecule has 5 heteroatoms. The fraction of sp³-hybridized carbons (Fsp3) is 0.118. The minimum absolute atomic E-state index is 0.00338. The van der Waals surface area contributed by atoms with Crippen molar-refractivity contribution in [1.82, 2.24) is 0 Å². The summed E-state index contributed by atoms with van der Waals surface area (Å²) >= 11 is 5.79. The van der Waals surface area contributed by atoms with Gasteiger partial charge in [0.2, 0.25) is 0 Å². The Morgan fingerprint density at radius 3 is 2.36 bits per heavy atom. The number of phenolic OH excluding ortho intramolecular Hbond substituents is 3. The molecule has 0 heterocycles. The second kappa shape index (κ2) is 6.54. The average molecular weight is 319 g/mol. The summed E-state index contributed by atoms with van der Waals surface area (Å²) in [6, 6.07) is 7.75. The number of Topliss-reactive ketones (excluding diaryl/α,β-unsaturated/α-hetero) is 1. The summed E-state index contributed by atoms with van der Waals surface area (Å²) in [7, 11) is 0. The Hall–Kier alpha value is -2.46. The standard InChI is InChI=1S/C17H15ClO4/c1-2-3-12-13(19)9-15(21)16(17(12)22)14(20)8-10-4-6-11(18)7-5-10/h2,4-7,9,19,21-22H,1,3,8H2. The molecule has 0 aliphatic rings. The van der Waals surface area contributed by atoms with Gasteiger partial charge < -0.3 is 15.3 Å². The molecular formula is C17H15ClO4. The fourth-order valence-electron chi connectivity index (χ4n) is 2.18. The molecule has 0 atom stereocenters. The predicted molar refractivity (Wildman–Crippen MR) is 84.8 cm³/mol. The summed E-state index contributed by atoms with van der Waals surface area (Å²) in [6.07, 6.45) is 1.66. The van der Waals surface area contributed by atoms with Gasteiger partial charge in [-0.1, -0.05) is 29.8 Å². The van der Waals surface area contributed by atoms with Crippen molar-refractivity contribution in [2.75, 3.05) is 0 Å². The van der Waals surface area contributed by atoms with Gasteiger partial charge in [-0.15, -0.1) is 6.58 Å². The molecule has 0 bridgehead atoms. The van der Waals surface area contributed by atoms with E-state index in [-0.39, 0.29) is 29.7 Å². The fourth-order valence-corrected chi connectivity index (χ4v) is 2.30. The first-order valence-electron chi connectivity index (χ1n) is 6.59. The van der Waals surface area contributed by atoms with Crippen LogP contribution in [0.2, 0.25) is 5.02 Å². The summed E-state index contributed by atoms with van der Waals surface area (Å²) < 4.78 is 0. The third kappa shape index (κ3) is 3.23. The lowest BCUT2D eigenvalue weighted by atomic mass is 9.97. The van der Waals surface area contributed by atoms with Crippen LogP contribution in [0.4, 0.5) is 0 Å². The van der Waals surface area contributed by atoms with Crippen LogP contribution >= 0.6 is 11.6 Å². The van der Waals surface area contributed by atoms with Crippen molar-refractivity contribution < 1.29 is 20.1 Å². The van der Waals surface area contributed by atoms with E-state index in [4.69, 9.17) is 11.6 Å². The Morgan fingerprint density at radius 2 is 1.77 bits per heavy atom. The van der Waals surface area contributed by atoms with Gasteiger partial charge in [-0.3, -0.25) is 4.79 Å². The number of ketones is 1. The second-order valence-corrected chi connectivity index (χ2v) is 5.27. The summed E-state index contributed by atoms with van der Waals surface area (Å²) in [6.45, 7) is 3.53. The van der Waals surface area contributed by atoms with Crippen LogP contribution < -0.4 is 0 Å². The minimum Gasteiger partial charge on any atom is -0.507 e. The van der Waals surface area contributed by atoms with Crippen molar-refractivity contribution in [2.45, 2.75) is 12.8 Å². The first-order chi connectivity index (χ1) is 10.4. The number of phenols is 3. The van der Waals surface area contributed by atoms with E-state index in [1.54, 1.807) is 24.3 Å². The molecule has 2 rings (SSSR count). The number of aromatic hydroxyl groups is 3. The number of rotatable bonds is 5. The van der Waals surface area contributed by atoms with Crippen LogP contribution in [0.5, 0.6) is 17.2 Å². The molecule has 0 radical (unpaired) electrons. The smallest absolute Gasteiger partial charge is 0.174 e. The molecule has 22 heavy (non-hydrogen) atoms. The molecule has 0 aromatic heterocycles. The summed E-state index contributed by atoms with van der Waals surface area (Å²) in [4.78, 5) is 12.3. The van der Waals surface area contributed by atoms with Crippen molar-refractivity contribution in [3.05, 3.63) is 64.7 Å². The van der Waals surface area contributed by atoms with E-state index in [0.29, 0.717) is 10.6 Å². The molecule has 2 aromatic rings. The van der Waals surface area contributed by atoms with E-state index >= 15 is 0 Å². The molecule has 0 aliphatic carbocycles. The number of carbonyl (C=O) groups excluding carboxylic acids is 1. The van der Waals surface area contributed by atoms with Crippen LogP contribution in [-0.2, 0) is 12.8 Å². The van der Waals surface area contributed by atoms with Crippen molar-refractivity contribution >= 4 is 17.4 Å². The van der Waals surface area contributed by atoms with E-state index < -0.39 is 17.3 Å². The van der Waals surface area contributed by atoms with E-state index in [0.717, 1.165) is 6.07 Å². The molecule has 0 saturated carbocycles. The Labute approximate surface area is 132 Å². The van der Waals surface area contributed by atoms with Crippen molar-refractivity contribution in [3.63, 3.8) is 0 Å². The van der Waals surface area contributed by atoms with Crippen molar-refractivity contribution in [3.8, 4) is 17.2 Å². The molecule has 0 amide bonds. The second-order valence-electron chi connectivity index (χ2n) is 4.84. The van der Waals surface area contributed by atoms with Crippen LogP contribution in [0.25, 0.3) is 0 Å². The predicted octanol–water partition coefficient (Wildman–Crippen LogP) is 3.61. The molecule has 114 valence electrons. The normalized spacial score (nSPS) is 10.4. The molecular weight excluding hydrogens is 304 g/mol. The topological polar surface area (TPSA) is 77.8 Å². The highest BCUT2D eigenvalue weighted by Gasteiger charge is 2.22. The van der Waals surface area contributed by atoms with Gasteiger partial charge in [0, 0.05) is 23.1 Å². The van der Waals surface area contributed by atoms with Crippen molar-refractivity contribution in [1.29, 1.82) is 0 Å². The van der Waals surface area contributed by atoms with E-state index in [1.165, 1.54) is 6.08 Å². The van der Waals surface area contributed by atoms with E-state index in [9.17, 15) is 20.1 Å². The number of benzene rings is 2. The van der Waals surface area contributed by atoms with Gasteiger partial charge in [0.15, 0.2) is 5.78 Å². The highest BCUT2D eigenvalue weighted by atomic mass is 35.5. The summed E-state index contributed by atoms with van der Waals surface area (Å²) in [5.74, 6) is -1.61. The lowest BCUT2D eigenvalue weighted by Crippen LogP contribution is -2.06. The lowest BCUT2D eigenvalue weighted by Gasteiger charge is -2.12. The number of carbonyl (C=O) groups is 1. The Kier molecular flexibility index (Phi) is 4.73. The highest BCUT2D eigenvalue weighted by Crippen LogP contribution is 2.38. The maximum Gasteiger partial charge on any atom is 0.174 e. The third-order valence-electron chi connectivity index (χ3n) is 3.27.